The molecule has 120 valence electrons. The zero-order valence-corrected chi connectivity index (χ0v) is 14.2. The molecule has 1 aromatic heterocycles. The van der Waals surface area contributed by atoms with Crippen molar-refractivity contribution in [3.8, 4) is 16.3 Å². The molecule has 0 bridgehead atoms. The molecule has 0 saturated carbocycles. The Morgan fingerprint density at radius 2 is 1.76 bits per heavy atom. The van der Waals surface area contributed by atoms with Crippen molar-refractivity contribution < 1.29 is 0 Å². The number of benzene rings is 3. The number of fused-ring (bicyclic) bond motifs is 4. The van der Waals surface area contributed by atoms with E-state index in [9.17, 15) is 4.79 Å². The van der Waals surface area contributed by atoms with E-state index in [0.717, 1.165) is 31.9 Å². The van der Waals surface area contributed by atoms with Crippen LogP contribution < -0.4 is 5.43 Å². The minimum Gasteiger partial charge on any atom is -0.287 e. The van der Waals surface area contributed by atoms with Crippen LogP contribution in [0.2, 0.25) is 0 Å². The van der Waals surface area contributed by atoms with E-state index in [0.29, 0.717) is 11.1 Å². The van der Waals surface area contributed by atoms with Crippen LogP contribution in [0.4, 0.5) is 0 Å². The van der Waals surface area contributed by atoms with Crippen LogP contribution in [0.3, 0.4) is 0 Å². The summed E-state index contributed by atoms with van der Waals surface area (Å²) in [6, 6.07) is 17.8. The van der Waals surface area contributed by atoms with Crippen LogP contribution in [0.5, 0.6) is 0 Å². The van der Waals surface area contributed by atoms with Gasteiger partial charge in [-0.25, -0.2) is 9.67 Å². The van der Waals surface area contributed by atoms with Crippen LogP contribution in [0.25, 0.3) is 37.4 Å². The minimum atomic E-state index is -0.0227. The highest BCUT2D eigenvalue weighted by Crippen LogP contribution is 2.36. The minimum absolute atomic E-state index is 0.0227. The third kappa shape index (κ3) is 2.09. The fraction of sp³-hybridized carbons (Fsp3) is 0.0500. The maximum atomic E-state index is 12.8. The van der Waals surface area contributed by atoms with Gasteiger partial charge in [0.15, 0.2) is 0 Å². The van der Waals surface area contributed by atoms with E-state index in [1.807, 2.05) is 67.7 Å². The Hall–Kier alpha value is -3.05. The second kappa shape index (κ2) is 5.22. The van der Waals surface area contributed by atoms with Crippen molar-refractivity contribution in [2.45, 2.75) is 6.92 Å². The molecule has 2 heterocycles. The van der Waals surface area contributed by atoms with Crippen molar-refractivity contribution in [3.05, 3.63) is 76.6 Å². The Morgan fingerprint density at radius 1 is 1.00 bits per heavy atom. The molecular weight excluding hydrogens is 330 g/mol. The SMILES string of the molecule is Cc1c2sc3ccccc3nc-2c2cn(-c3ccccc3)nc2c1=O. The maximum Gasteiger partial charge on any atom is 0.211 e. The molecule has 2 aliphatic rings. The van der Waals surface area contributed by atoms with E-state index in [2.05, 4.69) is 5.10 Å². The van der Waals surface area contributed by atoms with Gasteiger partial charge in [0.2, 0.25) is 5.43 Å². The molecular formula is C20H13N3OS. The number of nitrogens with zero attached hydrogens (tertiary/aromatic N) is 3. The maximum absolute atomic E-state index is 12.8. The summed E-state index contributed by atoms with van der Waals surface area (Å²) in [6.07, 6.45) is 1.91. The van der Waals surface area contributed by atoms with Crippen molar-refractivity contribution >= 4 is 32.5 Å². The molecule has 0 unspecified atom stereocenters. The molecule has 1 aliphatic carbocycles. The molecule has 25 heavy (non-hydrogen) atoms. The topological polar surface area (TPSA) is 47.8 Å². The third-order valence-corrected chi connectivity index (χ3v) is 5.68. The number of para-hydroxylation sites is 2. The van der Waals surface area contributed by atoms with E-state index < -0.39 is 0 Å². The molecule has 4 nitrogen and oxygen atoms in total. The Morgan fingerprint density at radius 3 is 2.60 bits per heavy atom. The van der Waals surface area contributed by atoms with E-state index >= 15 is 0 Å². The van der Waals surface area contributed by atoms with Crippen molar-refractivity contribution in [1.29, 1.82) is 0 Å². The lowest BCUT2D eigenvalue weighted by atomic mass is 10.1. The standard InChI is InChI=1S/C20H13N3OS/c1-12-19(24)17-14(11-23(22-17)13-7-3-2-4-8-13)18-20(12)25-16-10-6-5-9-15(16)21-18/h2-11H,1H3. The molecule has 5 rings (SSSR count). The van der Waals surface area contributed by atoms with Crippen molar-refractivity contribution in [1.82, 2.24) is 14.8 Å². The van der Waals surface area contributed by atoms with Gasteiger partial charge in [0.1, 0.15) is 5.52 Å². The molecule has 3 aromatic rings. The summed E-state index contributed by atoms with van der Waals surface area (Å²) in [5.41, 5.74) is 3.87. The highest BCUT2D eigenvalue weighted by Gasteiger charge is 2.20. The van der Waals surface area contributed by atoms with Crippen LogP contribution in [-0.4, -0.2) is 14.8 Å². The lowest BCUT2D eigenvalue weighted by molar-refractivity contribution is 0.895. The summed E-state index contributed by atoms with van der Waals surface area (Å²) in [5.74, 6) is 0. The van der Waals surface area contributed by atoms with E-state index in [1.165, 1.54) is 0 Å². The molecule has 1 aliphatic heterocycles. The Bertz CT molecular complexity index is 1270. The lowest BCUT2D eigenvalue weighted by Crippen LogP contribution is -2.09. The second-order valence-corrected chi connectivity index (χ2v) is 7.04. The first-order valence-electron chi connectivity index (χ1n) is 7.99. The quantitative estimate of drug-likeness (QED) is 0.424. The van der Waals surface area contributed by atoms with E-state index in [4.69, 9.17) is 4.98 Å². The van der Waals surface area contributed by atoms with Gasteiger partial charge in [0, 0.05) is 11.8 Å². The summed E-state index contributed by atoms with van der Waals surface area (Å²) < 4.78 is 2.83. The lowest BCUT2D eigenvalue weighted by Gasteiger charge is -2.09. The smallest absolute Gasteiger partial charge is 0.211 e. The summed E-state index contributed by atoms with van der Waals surface area (Å²) >= 11 is 1.61. The highest BCUT2D eigenvalue weighted by molar-refractivity contribution is 7.21. The predicted octanol–water partition coefficient (Wildman–Crippen LogP) is 4.41. The number of rotatable bonds is 1. The Labute approximate surface area is 147 Å². The molecule has 0 N–H and O–H groups in total. The normalized spacial score (nSPS) is 11.6. The molecule has 2 aromatic carbocycles. The molecule has 0 amide bonds. The van der Waals surface area contributed by atoms with Gasteiger partial charge >= 0.3 is 0 Å². The van der Waals surface area contributed by atoms with Crippen molar-refractivity contribution in [3.63, 3.8) is 0 Å². The number of hydrogen-bond acceptors (Lipinski definition) is 4. The zero-order valence-electron chi connectivity index (χ0n) is 13.4. The van der Waals surface area contributed by atoms with Gasteiger partial charge in [-0.3, -0.25) is 4.79 Å². The van der Waals surface area contributed by atoms with Crippen molar-refractivity contribution in [2.24, 2.45) is 0 Å². The second-order valence-electron chi connectivity index (χ2n) is 5.98. The van der Waals surface area contributed by atoms with Gasteiger partial charge in [0.25, 0.3) is 0 Å². The first-order chi connectivity index (χ1) is 12.2. The van der Waals surface area contributed by atoms with Gasteiger partial charge in [0.05, 0.1) is 31.9 Å². The summed E-state index contributed by atoms with van der Waals surface area (Å²) in [6.45, 7) is 1.86. The number of aromatic nitrogens is 3. The van der Waals surface area contributed by atoms with Crippen LogP contribution in [0.15, 0.2) is 65.6 Å². The first kappa shape index (κ1) is 14.3. The summed E-state index contributed by atoms with van der Waals surface area (Å²) in [4.78, 5) is 18.6. The first-order valence-corrected chi connectivity index (χ1v) is 8.81. The fourth-order valence-corrected chi connectivity index (χ4v) is 4.19. The average molecular weight is 343 g/mol. The number of hydrogen-bond donors (Lipinski definition) is 0. The average Bonchev–Trinajstić information content (AvgIpc) is 3.11. The molecule has 5 heteroatoms. The van der Waals surface area contributed by atoms with Crippen molar-refractivity contribution in [2.75, 3.05) is 0 Å². The molecule has 0 atom stereocenters. The van der Waals surface area contributed by atoms with Crippen LogP contribution >= 0.6 is 11.3 Å². The molecule has 0 fully saturated rings. The van der Waals surface area contributed by atoms with E-state index in [-0.39, 0.29) is 5.43 Å². The summed E-state index contributed by atoms with van der Waals surface area (Å²) in [7, 11) is 0. The third-order valence-electron chi connectivity index (χ3n) is 4.41. The largest absolute Gasteiger partial charge is 0.287 e. The van der Waals surface area contributed by atoms with Gasteiger partial charge in [-0.2, -0.15) is 5.10 Å². The molecule has 0 saturated heterocycles. The van der Waals surface area contributed by atoms with Crippen LogP contribution in [-0.2, 0) is 0 Å². The fourth-order valence-electron chi connectivity index (χ4n) is 3.11. The summed E-state index contributed by atoms with van der Waals surface area (Å²) in [5, 5.41) is 5.34. The Balaban J connectivity index is 1.92. The van der Waals surface area contributed by atoms with Gasteiger partial charge < -0.3 is 0 Å². The van der Waals surface area contributed by atoms with Crippen LogP contribution in [0.1, 0.15) is 5.56 Å². The Kier molecular flexibility index (Phi) is 2.99. The van der Waals surface area contributed by atoms with Gasteiger partial charge in [-0.05, 0) is 31.2 Å². The van der Waals surface area contributed by atoms with Gasteiger partial charge in [-0.1, -0.05) is 30.3 Å². The molecule has 0 radical (unpaired) electrons. The van der Waals surface area contributed by atoms with Crippen LogP contribution in [0, 0.1) is 6.92 Å². The predicted molar refractivity (Wildman–Crippen MR) is 102 cm³/mol. The van der Waals surface area contributed by atoms with Gasteiger partial charge in [-0.15, -0.1) is 11.3 Å². The van der Waals surface area contributed by atoms with E-state index in [1.54, 1.807) is 16.0 Å². The monoisotopic (exact) mass is 343 g/mol. The zero-order chi connectivity index (χ0) is 17.0. The highest BCUT2D eigenvalue weighted by atomic mass is 32.1. The molecule has 0 spiro atoms.